The summed E-state index contributed by atoms with van der Waals surface area (Å²) in [6.45, 7) is 1.82. The molecule has 0 bridgehead atoms. The number of hydrogen-bond donors (Lipinski definition) is 3. The minimum Gasteiger partial charge on any atom is -0.316 e. The lowest BCUT2D eigenvalue weighted by atomic mass is 10.2. The van der Waals surface area contributed by atoms with Crippen molar-refractivity contribution in [3.05, 3.63) is 60.8 Å². The standard InChI is InChI=1S/C14H13N3O4S2/c1-8-5-10-11(17-14(19)13(18)16-10)6-12(8)23(20,21)15-7-9-3-2-4-22-9/h2-6,15H,7H2,1H3,(H,16,18)(H,17,19). The van der Waals surface area contributed by atoms with Crippen LogP contribution >= 0.6 is 11.3 Å². The summed E-state index contributed by atoms with van der Waals surface area (Å²) in [6, 6.07) is 6.55. The molecule has 0 unspecified atom stereocenters. The molecule has 0 saturated carbocycles. The van der Waals surface area contributed by atoms with E-state index in [9.17, 15) is 18.0 Å². The second-order valence-electron chi connectivity index (χ2n) is 4.98. The molecule has 0 saturated heterocycles. The van der Waals surface area contributed by atoms with Crippen molar-refractivity contribution in [2.45, 2.75) is 18.4 Å². The van der Waals surface area contributed by atoms with Crippen LogP contribution in [-0.2, 0) is 16.6 Å². The highest BCUT2D eigenvalue weighted by Gasteiger charge is 2.18. The van der Waals surface area contributed by atoms with Crippen molar-refractivity contribution in [1.82, 2.24) is 14.7 Å². The van der Waals surface area contributed by atoms with Gasteiger partial charge in [-0.2, -0.15) is 0 Å². The zero-order valence-electron chi connectivity index (χ0n) is 12.0. The molecular weight excluding hydrogens is 338 g/mol. The number of fused-ring (bicyclic) bond motifs is 1. The smallest absolute Gasteiger partial charge is 0.314 e. The van der Waals surface area contributed by atoms with Gasteiger partial charge in [-0.15, -0.1) is 11.3 Å². The Morgan fingerprint density at radius 1 is 1.13 bits per heavy atom. The van der Waals surface area contributed by atoms with Crippen molar-refractivity contribution in [1.29, 1.82) is 0 Å². The van der Waals surface area contributed by atoms with Crippen LogP contribution in [0.1, 0.15) is 10.4 Å². The van der Waals surface area contributed by atoms with Crippen molar-refractivity contribution in [3.8, 4) is 0 Å². The van der Waals surface area contributed by atoms with Crippen LogP contribution in [0.2, 0.25) is 0 Å². The van der Waals surface area contributed by atoms with Crippen LogP contribution in [0.3, 0.4) is 0 Å². The predicted octanol–water partition coefficient (Wildman–Crippen LogP) is 1.06. The number of H-pyrrole nitrogens is 2. The summed E-state index contributed by atoms with van der Waals surface area (Å²) < 4.78 is 27.5. The SMILES string of the molecule is Cc1cc2[nH]c(=O)c(=O)[nH]c2cc1S(=O)(=O)NCc1cccs1. The van der Waals surface area contributed by atoms with Crippen molar-refractivity contribution < 1.29 is 8.42 Å². The summed E-state index contributed by atoms with van der Waals surface area (Å²) in [6.07, 6.45) is 0. The average Bonchev–Trinajstić information content (AvgIpc) is 3.00. The molecule has 0 fully saturated rings. The van der Waals surface area contributed by atoms with Crippen LogP contribution in [0.15, 0.2) is 44.1 Å². The first kappa shape index (κ1) is 15.7. The molecular formula is C14H13N3O4S2. The molecule has 3 rings (SSSR count). The summed E-state index contributed by atoms with van der Waals surface area (Å²) in [5, 5.41) is 1.87. The van der Waals surface area contributed by atoms with Gasteiger partial charge in [0.2, 0.25) is 10.0 Å². The average molecular weight is 351 g/mol. The molecule has 0 radical (unpaired) electrons. The normalized spacial score (nSPS) is 11.9. The van der Waals surface area contributed by atoms with Crippen LogP contribution in [0, 0.1) is 6.92 Å². The number of thiophene rings is 1. The Labute approximate surface area is 135 Å². The third-order valence-electron chi connectivity index (χ3n) is 3.32. The van der Waals surface area contributed by atoms with Crippen molar-refractivity contribution in [2.24, 2.45) is 0 Å². The number of sulfonamides is 1. The van der Waals surface area contributed by atoms with Crippen LogP contribution in [0.4, 0.5) is 0 Å². The van der Waals surface area contributed by atoms with Gasteiger partial charge in [0.05, 0.1) is 15.9 Å². The highest BCUT2D eigenvalue weighted by molar-refractivity contribution is 7.89. The number of aryl methyl sites for hydroxylation is 1. The van der Waals surface area contributed by atoms with Gasteiger partial charge in [-0.25, -0.2) is 13.1 Å². The van der Waals surface area contributed by atoms with Gasteiger partial charge in [-0.3, -0.25) is 9.59 Å². The minimum atomic E-state index is -3.74. The van der Waals surface area contributed by atoms with Gasteiger partial charge in [0.25, 0.3) is 0 Å². The van der Waals surface area contributed by atoms with E-state index in [0.29, 0.717) is 11.1 Å². The Bertz CT molecular complexity index is 1080. The lowest BCUT2D eigenvalue weighted by Crippen LogP contribution is -2.29. The van der Waals surface area contributed by atoms with E-state index in [1.807, 2.05) is 17.5 Å². The third-order valence-corrected chi connectivity index (χ3v) is 5.74. The van der Waals surface area contributed by atoms with Gasteiger partial charge in [0.1, 0.15) is 0 Å². The molecule has 23 heavy (non-hydrogen) atoms. The fourth-order valence-corrected chi connectivity index (χ4v) is 4.19. The van der Waals surface area contributed by atoms with Gasteiger partial charge in [0, 0.05) is 11.4 Å². The number of rotatable bonds is 4. The summed E-state index contributed by atoms with van der Waals surface area (Å²) in [5.74, 6) is 0. The highest BCUT2D eigenvalue weighted by Crippen LogP contribution is 2.20. The van der Waals surface area contributed by atoms with E-state index >= 15 is 0 Å². The Balaban J connectivity index is 2.04. The molecule has 2 heterocycles. The molecule has 0 atom stereocenters. The Kier molecular flexibility index (Phi) is 3.92. The van der Waals surface area contributed by atoms with Crippen LogP contribution in [0.25, 0.3) is 11.0 Å². The van der Waals surface area contributed by atoms with Crippen molar-refractivity contribution in [3.63, 3.8) is 0 Å². The molecule has 0 aliphatic heterocycles. The molecule has 0 aliphatic rings. The van der Waals surface area contributed by atoms with Crippen LogP contribution in [-0.4, -0.2) is 18.4 Å². The quantitative estimate of drug-likeness (QED) is 0.610. The predicted molar refractivity (Wildman–Crippen MR) is 88.3 cm³/mol. The number of nitrogens with one attached hydrogen (secondary N) is 3. The second-order valence-corrected chi connectivity index (χ2v) is 7.74. The largest absolute Gasteiger partial charge is 0.316 e. The van der Waals surface area contributed by atoms with Gasteiger partial charge in [-0.05, 0) is 36.1 Å². The number of aromatic amines is 2. The van der Waals surface area contributed by atoms with E-state index in [0.717, 1.165) is 4.88 Å². The third kappa shape index (κ3) is 3.11. The topological polar surface area (TPSA) is 112 Å². The first-order chi connectivity index (χ1) is 10.9. The lowest BCUT2D eigenvalue weighted by molar-refractivity contribution is 0.581. The van der Waals surface area contributed by atoms with E-state index in [-0.39, 0.29) is 17.0 Å². The molecule has 9 heteroatoms. The first-order valence-corrected chi connectivity index (χ1v) is 9.02. The Hall–Kier alpha value is -2.23. The van der Waals surface area contributed by atoms with Crippen LogP contribution < -0.4 is 15.8 Å². The molecule has 0 spiro atoms. The molecule has 7 nitrogen and oxygen atoms in total. The molecule has 3 aromatic rings. The summed E-state index contributed by atoms with van der Waals surface area (Å²) in [4.78, 5) is 28.5. The number of hydrogen-bond acceptors (Lipinski definition) is 5. The maximum absolute atomic E-state index is 12.5. The van der Waals surface area contributed by atoms with Gasteiger partial charge < -0.3 is 9.97 Å². The Morgan fingerprint density at radius 3 is 2.39 bits per heavy atom. The van der Waals surface area contributed by atoms with Crippen LogP contribution in [0.5, 0.6) is 0 Å². The molecule has 3 N–H and O–H groups in total. The minimum absolute atomic E-state index is 0.0595. The van der Waals surface area contributed by atoms with Gasteiger partial charge in [-0.1, -0.05) is 6.07 Å². The highest BCUT2D eigenvalue weighted by atomic mass is 32.2. The van der Waals surface area contributed by atoms with E-state index in [4.69, 9.17) is 0 Å². The van der Waals surface area contributed by atoms with Gasteiger partial charge in [0.15, 0.2) is 0 Å². The van der Waals surface area contributed by atoms with E-state index in [2.05, 4.69) is 14.7 Å². The molecule has 0 aliphatic carbocycles. The summed E-state index contributed by atoms with van der Waals surface area (Å²) in [5.41, 5.74) is -0.487. The molecule has 1 aromatic carbocycles. The zero-order chi connectivity index (χ0) is 16.6. The number of benzene rings is 1. The maximum atomic E-state index is 12.5. The van der Waals surface area contributed by atoms with E-state index in [1.54, 1.807) is 6.92 Å². The molecule has 2 aromatic heterocycles. The van der Waals surface area contributed by atoms with Crippen molar-refractivity contribution in [2.75, 3.05) is 0 Å². The van der Waals surface area contributed by atoms with E-state index in [1.165, 1.54) is 23.5 Å². The summed E-state index contributed by atoms with van der Waals surface area (Å²) in [7, 11) is -3.74. The second kappa shape index (κ2) is 5.76. The Morgan fingerprint density at radius 2 is 1.78 bits per heavy atom. The fourth-order valence-electron chi connectivity index (χ4n) is 2.20. The number of aromatic nitrogens is 2. The van der Waals surface area contributed by atoms with Gasteiger partial charge >= 0.3 is 11.1 Å². The molecule has 0 amide bonds. The van der Waals surface area contributed by atoms with E-state index < -0.39 is 21.1 Å². The summed E-state index contributed by atoms with van der Waals surface area (Å²) >= 11 is 1.45. The zero-order valence-corrected chi connectivity index (χ0v) is 13.7. The monoisotopic (exact) mass is 351 g/mol. The fraction of sp³-hybridized carbons (Fsp3) is 0.143. The lowest BCUT2D eigenvalue weighted by Gasteiger charge is -2.10. The maximum Gasteiger partial charge on any atom is 0.314 e. The molecule has 120 valence electrons. The van der Waals surface area contributed by atoms with Crippen molar-refractivity contribution >= 4 is 32.4 Å². The first-order valence-electron chi connectivity index (χ1n) is 6.66.